The van der Waals surface area contributed by atoms with Crippen LogP contribution in [-0.4, -0.2) is 62.3 Å². The first-order chi connectivity index (χ1) is 11.5. The Morgan fingerprint density at radius 1 is 1.42 bits per heavy atom. The van der Waals surface area contributed by atoms with Crippen molar-refractivity contribution in [2.45, 2.75) is 31.9 Å². The molecule has 7 nitrogen and oxygen atoms in total. The first-order valence-electron chi connectivity index (χ1n) is 8.18. The van der Waals surface area contributed by atoms with Crippen LogP contribution < -0.4 is 14.4 Å². The lowest BCUT2D eigenvalue weighted by Crippen LogP contribution is -2.32. The van der Waals surface area contributed by atoms with E-state index < -0.39 is 12.0 Å². The van der Waals surface area contributed by atoms with Crippen LogP contribution in [-0.2, 0) is 16.0 Å². The second-order valence-corrected chi connectivity index (χ2v) is 6.33. The zero-order valence-electron chi connectivity index (χ0n) is 14.3. The number of fused-ring (bicyclic) bond motifs is 1. The zero-order chi connectivity index (χ0) is 17.3. The summed E-state index contributed by atoms with van der Waals surface area (Å²) in [6.45, 7) is 3.39. The maximum atomic E-state index is 11.2. The van der Waals surface area contributed by atoms with Crippen LogP contribution in [0.2, 0.25) is 0 Å². The fourth-order valence-electron chi connectivity index (χ4n) is 3.26. The van der Waals surface area contributed by atoms with Crippen LogP contribution in [0.25, 0.3) is 0 Å². The summed E-state index contributed by atoms with van der Waals surface area (Å²) < 4.78 is 16.8. The Hall–Kier alpha value is -1.99. The highest BCUT2D eigenvalue weighted by atomic mass is 16.7. The number of carbonyl (C=O) groups is 1. The SMILES string of the molecule is CCc1cc2c(cc1N(C)COC1CC(C(=O)O)N(C)C1)OCO2. The van der Waals surface area contributed by atoms with Crippen LogP contribution in [0.1, 0.15) is 18.9 Å². The lowest BCUT2D eigenvalue weighted by atomic mass is 10.1. The average Bonchev–Trinajstić information content (AvgIpc) is 3.16. The molecule has 2 aliphatic rings. The normalized spacial score (nSPS) is 22.8. The Kier molecular flexibility index (Phi) is 4.82. The van der Waals surface area contributed by atoms with E-state index >= 15 is 0 Å². The summed E-state index contributed by atoms with van der Waals surface area (Å²) in [5.41, 5.74) is 2.21. The summed E-state index contributed by atoms with van der Waals surface area (Å²) in [4.78, 5) is 15.0. The lowest BCUT2D eigenvalue weighted by Gasteiger charge is -2.24. The maximum absolute atomic E-state index is 11.2. The third-order valence-corrected chi connectivity index (χ3v) is 4.66. The Morgan fingerprint density at radius 3 is 2.75 bits per heavy atom. The van der Waals surface area contributed by atoms with Gasteiger partial charge in [0.15, 0.2) is 11.5 Å². The smallest absolute Gasteiger partial charge is 0.321 e. The molecule has 0 aromatic heterocycles. The van der Waals surface area contributed by atoms with Gasteiger partial charge in [0.05, 0.1) is 6.10 Å². The van der Waals surface area contributed by atoms with Crippen molar-refractivity contribution in [3.05, 3.63) is 17.7 Å². The minimum absolute atomic E-state index is 0.0716. The molecule has 2 unspecified atom stereocenters. The molecule has 1 aromatic rings. The van der Waals surface area contributed by atoms with Crippen LogP contribution in [0.3, 0.4) is 0 Å². The number of hydrogen-bond donors (Lipinski definition) is 1. The van der Waals surface area contributed by atoms with Crippen molar-refractivity contribution >= 4 is 11.7 Å². The number of carboxylic acid groups (broad SMARTS) is 1. The second kappa shape index (κ2) is 6.86. The third kappa shape index (κ3) is 3.27. The standard InChI is InChI=1S/C17H24N2O5/c1-4-11-5-15-16(24-10-23-15)7-13(11)19(3)9-22-12-6-14(17(20)21)18(2)8-12/h5,7,12,14H,4,6,8-10H2,1-3H3,(H,20,21). The number of anilines is 1. The fourth-order valence-corrected chi connectivity index (χ4v) is 3.26. The first-order valence-corrected chi connectivity index (χ1v) is 8.18. The first kappa shape index (κ1) is 16.9. The number of likely N-dealkylation sites (N-methyl/N-ethyl adjacent to an activating group) is 1. The molecule has 0 bridgehead atoms. The van der Waals surface area contributed by atoms with Gasteiger partial charge in [-0.25, -0.2) is 0 Å². The molecule has 3 rings (SSSR count). The monoisotopic (exact) mass is 336 g/mol. The lowest BCUT2D eigenvalue weighted by molar-refractivity contribution is -0.141. The number of carboxylic acids is 1. The summed E-state index contributed by atoms with van der Waals surface area (Å²) in [5, 5.41) is 9.18. The van der Waals surface area contributed by atoms with Crippen LogP contribution >= 0.6 is 0 Å². The molecule has 1 fully saturated rings. The Balaban J connectivity index is 1.63. The molecule has 1 aromatic carbocycles. The number of nitrogens with zero attached hydrogens (tertiary/aromatic N) is 2. The van der Waals surface area contributed by atoms with Gasteiger partial charge in [-0.1, -0.05) is 6.92 Å². The van der Waals surface area contributed by atoms with Crippen molar-refractivity contribution in [3.8, 4) is 11.5 Å². The van der Waals surface area contributed by atoms with Gasteiger partial charge >= 0.3 is 5.97 Å². The van der Waals surface area contributed by atoms with E-state index in [4.69, 9.17) is 14.2 Å². The number of likely N-dealkylation sites (tertiary alicyclic amines) is 1. The topological polar surface area (TPSA) is 71.5 Å². The van der Waals surface area contributed by atoms with E-state index in [2.05, 4.69) is 6.92 Å². The quantitative estimate of drug-likeness (QED) is 0.790. The van der Waals surface area contributed by atoms with Gasteiger partial charge in [0, 0.05) is 31.8 Å². The van der Waals surface area contributed by atoms with E-state index in [-0.39, 0.29) is 12.9 Å². The number of ether oxygens (including phenoxy) is 3. The molecule has 0 aliphatic carbocycles. The minimum atomic E-state index is -0.791. The highest BCUT2D eigenvalue weighted by Gasteiger charge is 2.35. The molecule has 132 valence electrons. The van der Waals surface area contributed by atoms with Crippen LogP contribution in [0.15, 0.2) is 12.1 Å². The van der Waals surface area contributed by atoms with Gasteiger partial charge in [0.2, 0.25) is 6.79 Å². The predicted octanol–water partition coefficient (Wildman–Crippen LogP) is 1.55. The largest absolute Gasteiger partial charge is 0.480 e. The maximum Gasteiger partial charge on any atom is 0.321 e. The third-order valence-electron chi connectivity index (χ3n) is 4.66. The number of hydrogen-bond acceptors (Lipinski definition) is 6. The highest BCUT2D eigenvalue weighted by molar-refractivity contribution is 5.73. The summed E-state index contributed by atoms with van der Waals surface area (Å²) in [7, 11) is 3.78. The minimum Gasteiger partial charge on any atom is -0.480 e. The molecule has 24 heavy (non-hydrogen) atoms. The molecule has 0 spiro atoms. The van der Waals surface area contributed by atoms with Gasteiger partial charge in [-0.3, -0.25) is 9.69 Å². The molecule has 0 saturated carbocycles. The van der Waals surface area contributed by atoms with Crippen molar-refractivity contribution in [3.63, 3.8) is 0 Å². The molecule has 2 heterocycles. The van der Waals surface area contributed by atoms with E-state index in [1.165, 1.54) is 0 Å². The number of benzene rings is 1. The van der Waals surface area contributed by atoms with Crippen molar-refractivity contribution < 1.29 is 24.1 Å². The number of aryl methyl sites for hydroxylation is 1. The summed E-state index contributed by atoms with van der Waals surface area (Å²) in [5.74, 6) is 0.744. The molecular weight excluding hydrogens is 312 g/mol. The Morgan fingerprint density at radius 2 is 2.12 bits per heavy atom. The molecule has 2 aliphatic heterocycles. The van der Waals surface area contributed by atoms with Gasteiger partial charge in [0.1, 0.15) is 12.8 Å². The molecular formula is C17H24N2O5. The summed E-state index contributed by atoms with van der Waals surface area (Å²) >= 11 is 0. The van der Waals surface area contributed by atoms with E-state index in [0.717, 1.165) is 29.2 Å². The van der Waals surface area contributed by atoms with E-state index in [0.29, 0.717) is 19.7 Å². The number of aliphatic carboxylic acids is 1. The van der Waals surface area contributed by atoms with Gasteiger partial charge in [0.25, 0.3) is 0 Å². The molecule has 0 radical (unpaired) electrons. The molecule has 1 N–H and O–H groups in total. The highest BCUT2D eigenvalue weighted by Crippen LogP contribution is 2.38. The van der Waals surface area contributed by atoms with E-state index in [1.54, 1.807) is 0 Å². The Labute approximate surface area is 141 Å². The van der Waals surface area contributed by atoms with Crippen molar-refractivity contribution in [2.24, 2.45) is 0 Å². The van der Waals surface area contributed by atoms with E-state index in [1.807, 2.05) is 36.0 Å². The molecule has 2 atom stereocenters. The molecule has 0 amide bonds. The molecule has 7 heteroatoms. The van der Waals surface area contributed by atoms with Crippen molar-refractivity contribution in [1.29, 1.82) is 0 Å². The van der Waals surface area contributed by atoms with E-state index in [9.17, 15) is 9.90 Å². The Bertz CT molecular complexity index is 621. The second-order valence-electron chi connectivity index (χ2n) is 6.33. The average molecular weight is 336 g/mol. The number of rotatable bonds is 6. The fraction of sp³-hybridized carbons (Fsp3) is 0.588. The van der Waals surface area contributed by atoms with Gasteiger partial charge < -0.3 is 24.2 Å². The van der Waals surface area contributed by atoms with Crippen molar-refractivity contribution in [2.75, 3.05) is 39.1 Å². The van der Waals surface area contributed by atoms with Crippen LogP contribution in [0.4, 0.5) is 5.69 Å². The molecule has 1 saturated heterocycles. The predicted molar refractivity (Wildman–Crippen MR) is 88.8 cm³/mol. The van der Waals surface area contributed by atoms with Crippen LogP contribution in [0, 0.1) is 0 Å². The summed E-state index contributed by atoms with van der Waals surface area (Å²) in [6.07, 6.45) is 1.32. The van der Waals surface area contributed by atoms with Gasteiger partial charge in [-0.05, 0) is 25.1 Å². The van der Waals surface area contributed by atoms with Gasteiger partial charge in [-0.2, -0.15) is 0 Å². The summed E-state index contributed by atoms with van der Waals surface area (Å²) in [6, 6.07) is 3.53. The van der Waals surface area contributed by atoms with Crippen molar-refractivity contribution in [1.82, 2.24) is 4.90 Å². The van der Waals surface area contributed by atoms with Crippen LogP contribution in [0.5, 0.6) is 11.5 Å². The zero-order valence-corrected chi connectivity index (χ0v) is 14.3. The van der Waals surface area contributed by atoms with Gasteiger partial charge in [-0.15, -0.1) is 0 Å².